The van der Waals surface area contributed by atoms with Gasteiger partial charge in [0.25, 0.3) is 0 Å². The largest absolute Gasteiger partial charge is 0.418 e. The van der Waals surface area contributed by atoms with Crippen LogP contribution in [-0.2, 0) is 12.4 Å². The molecule has 0 bridgehead atoms. The Morgan fingerprint density at radius 1 is 0.875 bits per heavy atom. The van der Waals surface area contributed by atoms with E-state index < -0.39 is 29.0 Å². The van der Waals surface area contributed by atoms with Gasteiger partial charge in [-0.3, -0.25) is 0 Å². The number of halogens is 6. The fourth-order valence-corrected chi connectivity index (χ4v) is 2.21. The third kappa shape index (κ3) is 3.15. The summed E-state index contributed by atoms with van der Waals surface area (Å²) in [6, 6.07) is 9.06. The van der Waals surface area contributed by atoms with E-state index in [9.17, 15) is 26.3 Å². The molecule has 0 radical (unpaired) electrons. The van der Waals surface area contributed by atoms with E-state index >= 15 is 0 Å². The average molecular weight is 345 g/mol. The lowest BCUT2D eigenvalue weighted by atomic mass is 10.1. The van der Waals surface area contributed by atoms with Crippen molar-refractivity contribution in [2.75, 3.05) is 5.32 Å². The maximum atomic E-state index is 13.1. The van der Waals surface area contributed by atoms with Crippen molar-refractivity contribution in [3.05, 3.63) is 53.6 Å². The zero-order valence-electron chi connectivity index (χ0n) is 11.8. The second kappa shape index (κ2) is 5.43. The number of hydrogen-bond donors (Lipinski definition) is 2. The summed E-state index contributed by atoms with van der Waals surface area (Å²) in [5, 5.41) is 2.71. The van der Waals surface area contributed by atoms with Crippen LogP contribution in [0.15, 0.2) is 42.5 Å². The average Bonchev–Trinajstić information content (AvgIpc) is 2.87. The molecule has 0 aliphatic heterocycles. The monoisotopic (exact) mass is 345 g/mol. The van der Waals surface area contributed by atoms with Crippen LogP contribution >= 0.6 is 0 Å². The number of anilines is 2. The third-order valence-electron chi connectivity index (χ3n) is 3.26. The number of aromatic amines is 1. The zero-order valence-corrected chi connectivity index (χ0v) is 11.8. The summed E-state index contributed by atoms with van der Waals surface area (Å²) in [6.45, 7) is 0. The molecule has 0 aliphatic rings. The Labute approximate surface area is 131 Å². The molecular weight excluding hydrogens is 336 g/mol. The second-order valence-electron chi connectivity index (χ2n) is 4.99. The van der Waals surface area contributed by atoms with Gasteiger partial charge in [0.05, 0.1) is 16.6 Å². The van der Waals surface area contributed by atoms with Crippen molar-refractivity contribution in [1.82, 2.24) is 9.97 Å². The molecule has 9 heteroatoms. The first-order valence-corrected chi connectivity index (χ1v) is 6.65. The number of nitrogens with zero attached hydrogens (tertiary/aromatic N) is 1. The summed E-state index contributed by atoms with van der Waals surface area (Å²) >= 11 is 0. The van der Waals surface area contributed by atoms with Gasteiger partial charge >= 0.3 is 12.4 Å². The summed E-state index contributed by atoms with van der Waals surface area (Å²) in [5.41, 5.74) is -3.23. The van der Waals surface area contributed by atoms with Crippen molar-refractivity contribution in [3.63, 3.8) is 0 Å². The van der Waals surface area contributed by atoms with Crippen LogP contribution < -0.4 is 5.32 Å². The van der Waals surface area contributed by atoms with Gasteiger partial charge in [0, 0.05) is 5.69 Å². The minimum Gasteiger partial charge on any atom is -0.326 e. The molecule has 0 unspecified atom stereocenters. The molecule has 2 aromatic carbocycles. The van der Waals surface area contributed by atoms with Crippen molar-refractivity contribution in [3.8, 4) is 0 Å². The van der Waals surface area contributed by atoms with Crippen molar-refractivity contribution >= 4 is 22.7 Å². The van der Waals surface area contributed by atoms with Gasteiger partial charge in [-0.25, -0.2) is 4.98 Å². The van der Waals surface area contributed by atoms with Gasteiger partial charge in [-0.05, 0) is 24.3 Å². The summed E-state index contributed by atoms with van der Waals surface area (Å²) in [6.07, 6.45) is -9.86. The number of aromatic nitrogens is 2. The number of rotatable bonds is 2. The first-order valence-electron chi connectivity index (χ1n) is 6.65. The number of nitrogens with one attached hydrogen (secondary N) is 2. The minimum atomic E-state index is -4.96. The first kappa shape index (κ1) is 16.2. The van der Waals surface area contributed by atoms with E-state index in [0.717, 1.165) is 0 Å². The van der Waals surface area contributed by atoms with Crippen molar-refractivity contribution < 1.29 is 26.3 Å². The Morgan fingerprint density at radius 2 is 1.54 bits per heavy atom. The maximum Gasteiger partial charge on any atom is 0.418 e. The summed E-state index contributed by atoms with van der Waals surface area (Å²) in [4.78, 5) is 6.19. The molecule has 3 rings (SSSR count). The fourth-order valence-electron chi connectivity index (χ4n) is 2.21. The predicted molar refractivity (Wildman–Crippen MR) is 75.8 cm³/mol. The van der Waals surface area contributed by atoms with E-state index in [1.807, 2.05) is 0 Å². The Morgan fingerprint density at radius 3 is 2.12 bits per heavy atom. The van der Waals surface area contributed by atoms with Crippen LogP contribution in [-0.4, -0.2) is 9.97 Å². The third-order valence-corrected chi connectivity index (χ3v) is 3.26. The van der Waals surface area contributed by atoms with E-state index in [1.54, 1.807) is 30.3 Å². The maximum absolute atomic E-state index is 13.1. The van der Waals surface area contributed by atoms with Gasteiger partial charge < -0.3 is 10.3 Å². The van der Waals surface area contributed by atoms with Crippen LogP contribution in [0.3, 0.4) is 0 Å². The highest BCUT2D eigenvalue weighted by atomic mass is 19.4. The number of hydrogen-bond acceptors (Lipinski definition) is 2. The molecule has 0 amide bonds. The Hall–Kier alpha value is -2.71. The Balaban J connectivity index is 2.13. The summed E-state index contributed by atoms with van der Waals surface area (Å²) in [5.74, 6) is -0.0824. The molecule has 1 aromatic heterocycles. The van der Waals surface area contributed by atoms with E-state index in [0.29, 0.717) is 11.8 Å². The highest BCUT2D eigenvalue weighted by molar-refractivity contribution is 5.83. The van der Waals surface area contributed by atoms with Gasteiger partial charge in [-0.1, -0.05) is 18.2 Å². The molecule has 0 saturated carbocycles. The standard InChI is InChI=1S/C15H9F6N3/c16-14(17,18)8-6-10(15(19,20)21)12-11(7-8)23-13(24-12)22-9-4-2-1-3-5-9/h1-7H,(H2,22,23,24). The fraction of sp³-hybridized carbons (Fsp3) is 0.133. The molecule has 0 saturated heterocycles. The Kier molecular flexibility index (Phi) is 3.66. The molecule has 3 aromatic rings. The van der Waals surface area contributed by atoms with Crippen molar-refractivity contribution in [2.24, 2.45) is 0 Å². The molecule has 2 N–H and O–H groups in total. The van der Waals surface area contributed by atoms with Crippen molar-refractivity contribution in [1.29, 1.82) is 0 Å². The van der Waals surface area contributed by atoms with Gasteiger partial charge in [0.1, 0.15) is 5.52 Å². The highest BCUT2D eigenvalue weighted by Crippen LogP contribution is 2.39. The molecule has 24 heavy (non-hydrogen) atoms. The van der Waals surface area contributed by atoms with Gasteiger partial charge in [0.2, 0.25) is 5.95 Å². The van der Waals surface area contributed by atoms with Crippen molar-refractivity contribution in [2.45, 2.75) is 12.4 Å². The van der Waals surface area contributed by atoms with Gasteiger partial charge in [-0.15, -0.1) is 0 Å². The molecule has 3 nitrogen and oxygen atoms in total. The summed E-state index contributed by atoms with van der Waals surface area (Å²) in [7, 11) is 0. The topological polar surface area (TPSA) is 40.7 Å². The van der Waals surface area contributed by atoms with Crippen LogP contribution in [0.4, 0.5) is 38.0 Å². The normalized spacial score (nSPS) is 12.6. The zero-order chi connectivity index (χ0) is 17.5. The van der Waals surface area contributed by atoms with Crippen LogP contribution in [0, 0.1) is 0 Å². The van der Waals surface area contributed by atoms with Crippen LogP contribution in [0.5, 0.6) is 0 Å². The summed E-state index contributed by atoms with van der Waals surface area (Å²) < 4.78 is 77.7. The van der Waals surface area contributed by atoms with Gasteiger partial charge in [0.15, 0.2) is 0 Å². The second-order valence-corrected chi connectivity index (χ2v) is 4.99. The quantitative estimate of drug-likeness (QED) is 0.615. The first-order chi connectivity index (χ1) is 11.1. The van der Waals surface area contributed by atoms with E-state index in [1.165, 1.54) is 0 Å². The van der Waals surface area contributed by atoms with Gasteiger partial charge in [-0.2, -0.15) is 26.3 Å². The number of H-pyrrole nitrogens is 1. The van der Waals surface area contributed by atoms with Crippen LogP contribution in [0.1, 0.15) is 11.1 Å². The van der Waals surface area contributed by atoms with E-state index in [4.69, 9.17) is 0 Å². The van der Waals surface area contributed by atoms with Crippen LogP contribution in [0.25, 0.3) is 11.0 Å². The molecule has 0 aliphatic carbocycles. The molecule has 126 valence electrons. The molecular formula is C15H9F6N3. The predicted octanol–water partition coefficient (Wildman–Crippen LogP) is 5.34. The molecule has 0 fully saturated rings. The lowest BCUT2D eigenvalue weighted by Crippen LogP contribution is -2.11. The van der Waals surface area contributed by atoms with E-state index in [2.05, 4.69) is 15.3 Å². The Bertz CT molecular complexity index is 865. The molecule has 1 heterocycles. The smallest absolute Gasteiger partial charge is 0.326 e. The lowest BCUT2D eigenvalue weighted by Gasteiger charge is -2.11. The number of benzene rings is 2. The highest BCUT2D eigenvalue weighted by Gasteiger charge is 2.39. The molecule has 0 atom stereocenters. The number of para-hydroxylation sites is 1. The van der Waals surface area contributed by atoms with E-state index in [-0.39, 0.29) is 17.5 Å². The number of alkyl halides is 6. The van der Waals surface area contributed by atoms with Crippen LogP contribution in [0.2, 0.25) is 0 Å². The number of imidazole rings is 1. The lowest BCUT2D eigenvalue weighted by molar-refractivity contribution is -0.142. The SMILES string of the molecule is FC(F)(F)c1cc(C(F)(F)F)c2nc(Nc3ccccc3)[nH]c2c1. The minimum absolute atomic E-state index is 0.0650. The molecule has 0 spiro atoms. The number of fused-ring (bicyclic) bond motifs is 1.